The Balaban J connectivity index is 2.82. The number of ether oxygens (including phenoxy) is 1. The summed E-state index contributed by atoms with van der Waals surface area (Å²) in [5.41, 5.74) is 0.363. The van der Waals surface area contributed by atoms with Gasteiger partial charge in [-0.1, -0.05) is 18.2 Å². The lowest BCUT2D eigenvalue weighted by molar-refractivity contribution is -0.274. The Labute approximate surface area is 91.0 Å². The van der Waals surface area contributed by atoms with Gasteiger partial charge < -0.3 is 9.84 Å². The van der Waals surface area contributed by atoms with Crippen molar-refractivity contribution in [1.29, 1.82) is 0 Å². The van der Waals surface area contributed by atoms with Crippen molar-refractivity contribution in [2.45, 2.75) is 18.9 Å². The number of rotatable bonds is 4. The Hall–Kier alpha value is -1.49. The topological polar surface area (TPSA) is 29.5 Å². The van der Waals surface area contributed by atoms with Gasteiger partial charge in [-0.3, -0.25) is 0 Å². The summed E-state index contributed by atoms with van der Waals surface area (Å²) < 4.78 is 39.5. The van der Waals surface area contributed by atoms with Crippen molar-refractivity contribution in [2.24, 2.45) is 0 Å². The summed E-state index contributed by atoms with van der Waals surface area (Å²) in [6.45, 7) is 3.44. The minimum absolute atomic E-state index is 0.273. The molecule has 0 fully saturated rings. The number of halogens is 3. The van der Waals surface area contributed by atoms with Crippen molar-refractivity contribution in [1.82, 2.24) is 0 Å². The zero-order valence-electron chi connectivity index (χ0n) is 8.37. The lowest BCUT2D eigenvalue weighted by Gasteiger charge is -2.12. The van der Waals surface area contributed by atoms with Crippen LogP contribution in [0.25, 0.3) is 0 Å². The summed E-state index contributed by atoms with van der Waals surface area (Å²) >= 11 is 0. The third-order valence-corrected chi connectivity index (χ3v) is 1.87. The smallest absolute Gasteiger partial charge is 0.406 e. The zero-order valence-corrected chi connectivity index (χ0v) is 8.37. The standard InChI is InChI=1S/C11H11F3O2/c1-2-4-10(15)8-5-3-6-9(7-8)16-11(12,13)14/h2-3,5-7,10,15H,1,4H2. The Morgan fingerprint density at radius 1 is 1.44 bits per heavy atom. The molecule has 0 radical (unpaired) electrons. The summed E-state index contributed by atoms with van der Waals surface area (Å²) in [5, 5.41) is 9.54. The highest BCUT2D eigenvalue weighted by Gasteiger charge is 2.31. The first-order valence-corrected chi connectivity index (χ1v) is 4.57. The third-order valence-electron chi connectivity index (χ3n) is 1.87. The molecule has 1 atom stereocenters. The van der Waals surface area contributed by atoms with Crippen LogP contribution >= 0.6 is 0 Å². The van der Waals surface area contributed by atoms with Crippen LogP contribution in [0.4, 0.5) is 13.2 Å². The molecule has 0 heterocycles. The highest BCUT2D eigenvalue weighted by Crippen LogP contribution is 2.26. The van der Waals surface area contributed by atoms with Gasteiger partial charge in [-0.2, -0.15) is 0 Å². The monoisotopic (exact) mass is 232 g/mol. The van der Waals surface area contributed by atoms with Crippen molar-refractivity contribution < 1.29 is 23.0 Å². The SMILES string of the molecule is C=CCC(O)c1cccc(OC(F)(F)F)c1. The van der Waals surface area contributed by atoms with Crippen LogP contribution in [-0.2, 0) is 0 Å². The molecule has 1 aromatic carbocycles. The Bertz CT molecular complexity index is 360. The maximum Gasteiger partial charge on any atom is 0.573 e. The summed E-state index contributed by atoms with van der Waals surface area (Å²) in [7, 11) is 0. The first-order valence-electron chi connectivity index (χ1n) is 4.57. The molecular weight excluding hydrogens is 221 g/mol. The average Bonchev–Trinajstić information content (AvgIpc) is 2.16. The van der Waals surface area contributed by atoms with Gasteiger partial charge in [0.25, 0.3) is 0 Å². The van der Waals surface area contributed by atoms with E-state index in [4.69, 9.17) is 0 Å². The molecule has 1 N–H and O–H groups in total. The molecule has 88 valence electrons. The molecule has 0 bridgehead atoms. The largest absolute Gasteiger partial charge is 0.573 e. The van der Waals surface area contributed by atoms with Gasteiger partial charge in [-0.05, 0) is 24.1 Å². The lowest BCUT2D eigenvalue weighted by atomic mass is 10.1. The molecular formula is C11H11F3O2. The molecule has 0 spiro atoms. The van der Waals surface area contributed by atoms with E-state index in [0.717, 1.165) is 6.07 Å². The average molecular weight is 232 g/mol. The molecule has 1 aromatic rings. The van der Waals surface area contributed by atoms with Gasteiger partial charge in [0.05, 0.1) is 6.10 Å². The molecule has 5 heteroatoms. The van der Waals surface area contributed by atoms with E-state index in [0.29, 0.717) is 5.56 Å². The van der Waals surface area contributed by atoms with Crippen LogP contribution in [0.5, 0.6) is 5.75 Å². The van der Waals surface area contributed by atoms with Gasteiger partial charge in [0.15, 0.2) is 0 Å². The van der Waals surface area contributed by atoms with E-state index in [9.17, 15) is 18.3 Å². The summed E-state index contributed by atoms with van der Waals surface area (Å²) in [4.78, 5) is 0. The quantitative estimate of drug-likeness (QED) is 0.808. The number of aliphatic hydroxyl groups excluding tert-OH is 1. The first kappa shape index (κ1) is 12.6. The van der Waals surface area contributed by atoms with E-state index < -0.39 is 12.5 Å². The normalized spacial score (nSPS) is 13.2. The van der Waals surface area contributed by atoms with Gasteiger partial charge in [-0.15, -0.1) is 19.8 Å². The van der Waals surface area contributed by atoms with Crippen LogP contribution in [-0.4, -0.2) is 11.5 Å². The predicted molar refractivity (Wildman–Crippen MR) is 52.9 cm³/mol. The Morgan fingerprint density at radius 3 is 2.69 bits per heavy atom. The van der Waals surface area contributed by atoms with Crippen molar-refractivity contribution >= 4 is 0 Å². The van der Waals surface area contributed by atoms with Gasteiger partial charge in [0.2, 0.25) is 0 Å². The van der Waals surface area contributed by atoms with E-state index in [1.54, 1.807) is 0 Å². The van der Waals surface area contributed by atoms with Gasteiger partial charge in [0, 0.05) is 0 Å². The van der Waals surface area contributed by atoms with Gasteiger partial charge in [0.1, 0.15) is 5.75 Å². The second-order valence-corrected chi connectivity index (χ2v) is 3.16. The molecule has 16 heavy (non-hydrogen) atoms. The fraction of sp³-hybridized carbons (Fsp3) is 0.273. The predicted octanol–water partition coefficient (Wildman–Crippen LogP) is 3.19. The fourth-order valence-electron chi connectivity index (χ4n) is 1.21. The van der Waals surface area contributed by atoms with Crippen LogP contribution in [0.3, 0.4) is 0 Å². The van der Waals surface area contributed by atoms with Crippen LogP contribution in [0.15, 0.2) is 36.9 Å². The van der Waals surface area contributed by atoms with Crippen LogP contribution in [0.1, 0.15) is 18.1 Å². The summed E-state index contributed by atoms with van der Waals surface area (Å²) in [6.07, 6.45) is -3.83. The molecule has 0 aliphatic carbocycles. The van der Waals surface area contributed by atoms with E-state index in [1.165, 1.54) is 24.3 Å². The van der Waals surface area contributed by atoms with E-state index >= 15 is 0 Å². The lowest BCUT2D eigenvalue weighted by Crippen LogP contribution is -2.17. The summed E-state index contributed by atoms with van der Waals surface area (Å²) in [5.74, 6) is -0.340. The van der Waals surface area contributed by atoms with Crippen molar-refractivity contribution in [3.05, 3.63) is 42.5 Å². The molecule has 0 saturated heterocycles. The molecule has 2 nitrogen and oxygen atoms in total. The first-order chi connectivity index (χ1) is 7.42. The van der Waals surface area contributed by atoms with Gasteiger partial charge in [-0.25, -0.2) is 0 Å². The summed E-state index contributed by atoms with van der Waals surface area (Å²) in [6, 6.07) is 5.25. The van der Waals surface area contributed by atoms with Crippen molar-refractivity contribution in [3.63, 3.8) is 0 Å². The van der Waals surface area contributed by atoms with Gasteiger partial charge >= 0.3 is 6.36 Å². The molecule has 1 rings (SSSR count). The van der Waals surface area contributed by atoms with E-state index in [1.807, 2.05) is 0 Å². The van der Waals surface area contributed by atoms with Crippen molar-refractivity contribution in [3.8, 4) is 5.75 Å². The van der Waals surface area contributed by atoms with Crippen LogP contribution in [0.2, 0.25) is 0 Å². The maximum atomic E-state index is 11.9. The number of hydrogen-bond donors (Lipinski definition) is 1. The minimum Gasteiger partial charge on any atom is -0.406 e. The number of benzene rings is 1. The second-order valence-electron chi connectivity index (χ2n) is 3.16. The van der Waals surface area contributed by atoms with Crippen LogP contribution in [0, 0.1) is 0 Å². The molecule has 0 amide bonds. The zero-order chi connectivity index (χ0) is 12.2. The fourth-order valence-corrected chi connectivity index (χ4v) is 1.21. The maximum absolute atomic E-state index is 11.9. The molecule has 0 aliphatic rings. The van der Waals surface area contributed by atoms with E-state index in [-0.39, 0.29) is 12.2 Å². The second kappa shape index (κ2) is 5.03. The molecule has 0 saturated carbocycles. The molecule has 0 aliphatic heterocycles. The third kappa shape index (κ3) is 3.94. The highest BCUT2D eigenvalue weighted by atomic mass is 19.4. The number of aliphatic hydroxyl groups is 1. The Kier molecular flexibility index (Phi) is 3.95. The highest BCUT2D eigenvalue weighted by molar-refractivity contribution is 5.30. The minimum atomic E-state index is -4.72. The van der Waals surface area contributed by atoms with Crippen LogP contribution < -0.4 is 4.74 Å². The molecule has 1 unspecified atom stereocenters. The number of hydrogen-bond acceptors (Lipinski definition) is 2. The molecule has 0 aromatic heterocycles. The Morgan fingerprint density at radius 2 is 2.12 bits per heavy atom. The van der Waals surface area contributed by atoms with Crippen molar-refractivity contribution in [2.75, 3.05) is 0 Å². The number of alkyl halides is 3. The van der Waals surface area contributed by atoms with E-state index in [2.05, 4.69) is 11.3 Å².